The third kappa shape index (κ3) is 22.7. The molecule has 0 aromatic carbocycles. The van der Waals surface area contributed by atoms with Gasteiger partial charge in [-0.15, -0.1) is 12.8 Å². The average Bonchev–Trinajstić information content (AvgIpc) is 2.84. The van der Waals surface area contributed by atoms with Crippen LogP contribution in [-0.2, 0) is 9.59 Å². The zero-order chi connectivity index (χ0) is 25.3. The Kier molecular flexibility index (Phi) is 21.9. The number of carbonyl (C=O) groups is 2. The molecule has 0 rings (SSSR count). The van der Waals surface area contributed by atoms with Crippen molar-refractivity contribution < 1.29 is 19.8 Å². The van der Waals surface area contributed by atoms with Crippen LogP contribution in [0.4, 0.5) is 0 Å². The van der Waals surface area contributed by atoms with Crippen LogP contribution in [-0.4, -0.2) is 34.0 Å². The van der Waals surface area contributed by atoms with E-state index in [9.17, 15) is 19.8 Å². The molecule has 0 saturated heterocycles. The SMILES string of the molecule is C#C[C@H](O)CCCCCCCCC#CC(=O)CCC(=O)C#CCCCCCCCC[C@@H](O)C#C. The Morgan fingerprint density at radius 2 is 0.882 bits per heavy atom. The van der Waals surface area contributed by atoms with Crippen LogP contribution < -0.4 is 0 Å². The van der Waals surface area contributed by atoms with Crippen molar-refractivity contribution in [2.45, 2.75) is 128 Å². The first kappa shape index (κ1) is 31.5. The van der Waals surface area contributed by atoms with Gasteiger partial charge in [0.05, 0.1) is 0 Å². The number of aliphatic hydroxyl groups excluding tert-OH is 2. The van der Waals surface area contributed by atoms with Gasteiger partial charge in [0.1, 0.15) is 12.2 Å². The Morgan fingerprint density at radius 1 is 0.559 bits per heavy atom. The summed E-state index contributed by atoms with van der Waals surface area (Å²) in [6, 6.07) is 0. The van der Waals surface area contributed by atoms with Crippen LogP contribution in [0.1, 0.15) is 116 Å². The Morgan fingerprint density at radius 3 is 1.24 bits per heavy atom. The zero-order valence-electron chi connectivity index (χ0n) is 20.7. The first-order valence-electron chi connectivity index (χ1n) is 12.8. The fourth-order valence-corrected chi connectivity index (χ4v) is 3.36. The summed E-state index contributed by atoms with van der Waals surface area (Å²) in [5, 5.41) is 18.5. The number of rotatable bonds is 19. The molecular weight excluding hydrogens is 424 g/mol. The molecule has 0 fully saturated rings. The van der Waals surface area contributed by atoms with Gasteiger partial charge in [-0.05, 0) is 50.4 Å². The summed E-state index contributed by atoms with van der Waals surface area (Å²) in [7, 11) is 0. The molecule has 0 aromatic rings. The van der Waals surface area contributed by atoms with E-state index in [1.165, 1.54) is 0 Å². The van der Waals surface area contributed by atoms with Crippen molar-refractivity contribution in [3.05, 3.63) is 0 Å². The lowest BCUT2D eigenvalue weighted by Crippen LogP contribution is -2.01. The van der Waals surface area contributed by atoms with Crippen molar-refractivity contribution in [3.63, 3.8) is 0 Å². The molecule has 0 saturated carbocycles. The second-order valence-electron chi connectivity index (χ2n) is 8.63. The molecular formula is C30H42O4. The normalized spacial score (nSPS) is 11.6. The Bertz CT molecular complexity index is 694. The Balaban J connectivity index is 3.61. The lowest BCUT2D eigenvalue weighted by atomic mass is 10.1. The first-order valence-corrected chi connectivity index (χ1v) is 12.8. The quantitative estimate of drug-likeness (QED) is 0.157. The topological polar surface area (TPSA) is 74.6 Å². The lowest BCUT2D eigenvalue weighted by Gasteiger charge is -2.02. The van der Waals surface area contributed by atoms with Gasteiger partial charge in [0.25, 0.3) is 0 Å². The van der Waals surface area contributed by atoms with Crippen molar-refractivity contribution in [3.8, 4) is 48.4 Å². The summed E-state index contributed by atoms with van der Waals surface area (Å²) >= 11 is 0. The molecule has 4 nitrogen and oxygen atoms in total. The van der Waals surface area contributed by atoms with E-state index in [4.69, 9.17) is 12.8 Å². The highest BCUT2D eigenvalue weighted by Crippen LogP contribution is 2.10. The highest BCUT2D eigenvalue weighted by molar-refractivity contribution is 6.01. The number of hydrogen-bond acceptors (Lipinski definition) is 4. The number of aliphatic hydroxyl groups is 2. The monoisotopic (exact) mass is 466 g/mol. The molecule has 34 heavy (non-hydrogen) atoms. The molecule has 0 radical (unpaired) electrons. The van der Waals surface area contributed by atoms with Gasteiger partial charge in [-0.1, -0.05) is 75.0 Å². The third-order valence-electron chi connectivity index (χ3n) is 5.48. The van der Waals surface area contributed by atoms with Crippen LogP contribution in [0.3, 0.4) is 0 Å². The van der Waals surface area contributed by atoms with Crippen LogP contribution >= 0.6 is 0 Å². The maximum Gasteiger partial charge on any atom is 0.205 e. The van der Waals surface area contributed by atoms with Crippen LogP contribution in [0.5, 0.6) is 0 Å². The smallest absolute Gasteiger partial charge is 0.205 e. The minimum Gasteiger partial charge on any atom is -0.380 e. The van der Waals surface area contributed by atoms with E-state index in [0.29, 0.717) is 25.7 Å². The number of ketones is 2. The summed E-state index contributed by atoms with van der Waals surface area (Å²) < 4.78 is 0. The number of Topliss-reactive ketones (excluding diaryl/α,β-unsaturated/α-hetero) is 2. The fourth-order valence-electron chi connectivity index (χ4n) is 3.36. The Hall–Kier alpha value is -2.50. The molecule has 2 N–H and O–H groups in total. The Labute approximate surface area is 207 Å². The molecule has 0 unspecified atom stereocenters. The van der Waals surface area contributed by atoms with Crippen molar-refractivity contribution in [2.75, 3.05) is 0 Å². The minimum atomic E-state index is -0.617. The number of hydrogen-bond donors (Lipinski definition) is 2. The predicted molar refractivity (Wildman–Crippen MR) is 138 cm³/mol. The fraction of sp³-hybridized carbons (Fsp3) is 0.667. The molecule has 0 aliphatic rings. The molecule has 0 spiro atoms. The minimum absolute atomic E-state index is 0.137. The maximum absolute atomic E-state index is 11.8. The van der Waals surface area contributed by atoms with Gasteiger partial charge in [-0.2, -0.15) is 0 Å². The van der Waals surface area contributed by atoms with Gasteiger partial charge < -0.3 is 10.2 Å². The van der Waals surface area contributed by atoms with Gasteiger partial charge in [0.15, 0.2) is 0 Å². The van der Waals surface area contributed by atoms with E-state index in [-0.39, 0.29) is 24.4 Å². The summed E-state index contributed by atoms with van der Waals surface area (Å²) in [5.41, 5.74) is 0. The molecule has 0 bridgehead atoms. The molecule has 0 aliphatic carbocycles. The lowest BCUT2D eigenvalue weighted by molar-refractivity contribution is -0.118. The molecule has 0 aromatic heterocycles. The standard InChI is InChI=1S/C30H42O4/c1-3-27(31)21-17-13-9-5-7-11-15-19-23-29(33)25-26-30(34)24-20-16-12-8-6-10-14-18-22-28(32)4-2/h1-2,27-28,31-32H,5-18,21-22,25-26H2/t27-,28-/m0/s1. The number of carbonyl (C=O) groups excluding carboxylic acids is 2. The van der Waals surface area contributed by atoms with E-state index >= 15 is 0 Å². The first-order chi connectivity index (χ1) is 16.5. The van der Waals surface area contributed by atoms with Gasteiger partial charge in [-0.3, -0.25) is 9.59 Å². The van der Waals surface area contributed by atoms with Crippen molar-refractivity contribution >= 4 is 11.6 Å². The summed E-state index contributed by atoms with van der Waals surface area (Å²) in [6.45, 7) is 0. The van der Waals surface area contributed by atoms with Crippen molar-refractivity contribution in [2.24, 2.45) is 0 Å². The predicted octanol–water partition coefficient (Wildman–Crippen LogP) is 5.14. The van der Waals surface area contributed by atoms with Crippen LogP contribution in [0, 0.1) is 48.4 Å². The van der Waals surface area contributed by atoms with E-state index in [1.807, 2.05) is 0 Å². The highest BCUT2D eigenvalue weighted by Gasteiger charge is 2.02. The van der Waals surface area contributed by atoms with Crippen molar-refractivity contribution in [1.82, 2.24) is 0 Å². The second kappa shape index (κ2) is 23.7. The molecule has 4 heteroatoms. The number of terminal acetylenes is 2. The van der Waals surface area contributed by atoms with Gasteiger partial charge in [0, 0.05) is 25.7 Å². The van der Waals surface area contributed by atoms with Crippen molar-refractivity contribution in [1.29, 1.82) is 0 Å². The molecule has 186 valence electrons. The van der Waals surface area contributed by atoms with Gasteiger partial charge in [-0.25, -0.2) is 0 Å². The summed E-state index contributed by atoms with van der Waals surface area (Å²) in [6.07, 6.45) is 24.6. The van der Waals surface area contributed by atoms with Crippen LogP contribution in [0.25, 0.3) is 0 Å². The van der Waals surface area contributed by atoms with Gasteiger partial charge >= 0.3 is 0 Å². The molecule has 0 aliphatic heterocycles. The molecule has 0 heterocycles. The average molecular weight is 467 g/mol. The third-order valence-corrected chi connectivity index (χ3v) is 5.48. The van der Waals surface area contributed by atoms with E-state index in [2.05, 4.69) is 35.5 Å². The summed E-state index contributed by atoms with van der Waals surface area (Å²) in [5.74, 6) is 15.3. The highest BCUT2D eigenvalue weighted by atomic mass is 16.3. The molecule has 0 amide bonds. The van der Waals surface area contributed by atoms with Crippen LogP contribution in [0.15, 0.2) is 0 Å². The summed E-state index contributed by atoms with van der Waals surface area (Å²) in [4.78, 5) is 23.6. The number of unbranched alkanes of at least 4 members (excludes halogenated alkanes) is 12. The van der Waals surface area contributed by atoms with E-state index < -0.39 is 12.2 Å². The second-order valence-corrected chi connectivity index (χ2v) is 8.63. The van der Waals surface area contributed by atoms with E-state index in [0.717, 1.165) is 77.0 Å². The molecule has 2 atom stereocenters. The maximum atomic E-state index is 11.8. The van der Waals surface area contributed by atoms with E-state index in [1.54, 1.807) is 0 Å². The zero-order valence-corrected chi connectivity index (χ0v) is 20.7. The largest absolute Gasteiger partial charge is 0.380 e. The van der Waals surface area contributed by atoms with Gasteiger partial charge in [0.2, 0.25) is 11.6 Å². The van der Waals surface area contributed by atoms with Crippen LogP contribution in [0.2, 0.25) is 0 Å².